The van der Waals surface area contributed by atoms with Crippen molar-refractivity contribution in [1.82, 2.24) is 0 Å². The standard InChI is InChI=1S/C10H16.Ag/c1-7-4-5-8-6-9(7)10(8,2)3;/h8H,4-6H2,1-3H3;. The van der Waals surface area contributed by atoms with Crippen molar-refractivity contribution in [3.8, 4) is 0 Å². The average molecular weight is 244 g/mol. The number of fused-ring (bicyclic) bond motifs is 2. The molecule has 0 aliphatic heterocycles. The van der Waals surface area contributed by atoms with Crippen LogP contribution in [0.5, 0.6) is 0 Å². The van der Waals surface area contributed by atoms with Crippen LogP contribution >= 0.6 is 0 Å². The molecular weight excluding hydrogens is 228 g/mol. The maximum Gasteiger partial charge on any atom is 0 e. The summed E-state index contributed by atoms with van der Waals surface area (Å²) in [6.45, 7) is 7.12. The van der Waals surface area contributed by atoms with E-state index in [4.69, 9.17) is 0 Å². The van der Waals surface area contributed by atoms with E-state index in [1.807, 2.05) is 0 Å². The second-order valence-electron chi connectivity index (χ2n) is 4.42. The van der Waals surface area contributed by atoms with Crippen LogP contribution in [0.1, 0.15) is 40.0 Å². The fraction of sp³-hybridized carbons (Fsp3) is 0.800. The van der Waals surface area contributed by atoms with E-state index in [1.54, 1.807) is 11.1 Å². The Hall–Kier alpha value is 0.480. The Morgan fingerprint density at radius 2 is 2.00 bits per heavy atom. The molecule has 2 bridgehead atoms. The molecule has 0 amide bonds. The number of hydrogen-bond donors (Lipinski definition) is 0. The first-order chi connectivity index (χ1) is 4.62. The molecule has 0 spiro atoms. The molecule has 3 aliphatic rings. The first kappa shape index (κ1) is 9.57. The van der Waals surface area contributed by atoms with Gasteiger partial charge >= 0.3 is 0 Å². The van der Waals surface area contributed by atoms with Gasteiger partial charge < -0.3 is 0 Å². The van der Waals surface area contributed by atoms with Gasteiger partial charge in [0.05, 0.1) is 0 Å². The van der Waals surface area contributed by atoms with Gasteiger partial charge in [-0.2, -0.15) is 0 Å². The normalized spacial score (nSPS) is 32.5. The van der Waals surface area contributed by atoms with Crippen LogP contribution in [0.4, 0.5) is 0 Å². The van der Waals surface area contributed by atoms with Gasteiger partial charge in [0.1, 0.15) is 0 Å². The number of hydrogen-bond acceptors (Lipinski definition) is 0. The molecule has 1 atom stereocenters. The monoisotopic (exact) mass is 243 g/mol. The molecule has 0 aromatic rings. The van der Waals surface area contributed by atoms with Crippen molar-refractivity contribution in [2.45, 2.75) is 40.0 Å². The minimum atomic E-state index is 0. The minimum absolute atomic E-state index is 0. The van der Waals surface area contributed by atoms with Crippen LogP contribution in [0.3, 0.4) is 0 Å². The summed E-state index contributed by atoms with van der Waals surface area (Å²) in [7, 11) is 0. The molecule has 3 aliphatic carbocycles. The van der Waals surface area contributed by atoms with Gasteiger partial charge in [-0.3, -0.25) is 0 Å². The zero-order valence-electron chi connectivity index (χ0n) is 7.50. The van der Waals surface area contributed by atoms with Crippen LogP contribution in [0.2, 0.25) is 0 Å². The molecule has 0 aromatic carbocycles. The van der Waals surface area contributed by atoms with Crippen LogP contribution in [-0.4, -0.2) is 0 Å². The van der Waals surface area contributed by atoms with Crippen molar-refractivity contribution in [3.63, 3.8) is 0 Å². The summed E-state index contributed by atoms with van der Waals surface area (Å²) in [5.41, 5.74) is 4.04. The summed E-state index contributed by atoms with van der Waals surface area (Å²) < 4.78 is 0. The predicted octanol–water partition coefficient (Wildman–Crippen LogP) is 3.14. The maximum absolute atomic E-state index is 2.40. The van der Waals surface area contributed by atoms with E-state index < -0.39 is 0 Å². The molecule has 1 fully saturated rings. The van der Waals surface area contributed by atoms with Gasteiger partial charge in [0, 0.05) is 22.4 Å². The van der Waals surface area contributed by atoms with Gasteiger partial charge in [-0.05, 0) is 37.5 Å². The van der Waals surface area contributed by atoms with Crippen molar-refractivity contribution in [1.29, 1.82) is 0 Å². The van der Waals surface area contributed by atoms with Crippen LogP contribution in [0.25, 0.3) is 0 Å². The Bertz CT molecular complexity index is 201. The Balaban J connectivity index is 0.000000605. The van der Waals surface area contributed by atoms with Gasteiger partial charge in [0.15, 0.2) is 0 Å². The van der Waals surface area contributed by atoms with Crippen molar-refractivity contribution in [3.05, 3.63) is 11.1 Å². The van der Waals surface area contributed by atoms with Gasteiger partial charge in [-0.1, -0.05) is 25.0 Å². The zero-order valence-corrected chi connectivity index (χ0v) is 8.98. The molecule has 3 rings (SSSR count). The Labute approximate surface area is 85.0 Å². The van der Waals surface area contributed by atoms with Crippen LogP contribution < -0.4 is 0 Å². The van der Waals surface area contributed by atoms with Gasteiger partial charge in [0.25, 0.3) is 0 Å². The van der Waals surface area contributed by atoms with Crippen LogP contribution in [0.15, 0.2) is 11.1 Å². The molecule has 1 heteroatoms. The minimum Gasteiger partial charge on any atom is -0.0735 e. The molecule has 0 N–H and O–H groups in total. The second-order valence-corrected chi connectivity index (χ2v) is 4.42. The van der Waals surface area contributed by atoms with Gasteiger partial charge in [0.2, 0.25) is 0 Å². The quantitative estimate of drug-likeness (QED) is 0.453. The van der Waals surface area contributed by atoms with E-state index in [0.29, 0.717) is 5.41 Å². The predicted molar refractivity (Wildman–Crippen MR) is 43.8 cm³/mol. The molecule has 0 aromatic heterocycles. The third kappa shape index (κ3) is 1.16. The summed E-state index contributed by atoms with van der Waals surface area (Å²) in [6.07, 6.45) is 4.24. The third-order valence-electron chi connectivity index (χ3n) is 3.63. The Morgan fingerprint density at radius 1 is 1.36 bits per heavy atom. The first-order valence-corrected chi connectivity index (χ1v) is 4.31. The molecule has 0 nitrogen and oxygen atoms in total. The smallest absolute Gasteiger partial charge is 0 e. The Morgan fingerprint density at radius 3 is 2.27 bits per heavy atom. The molecule has 1 radical (unpaired) electrons. The second kappa shape index (κ2) is 2.76. The van der Waals surface area contributed by atoms with E-state index in [-0.39, 0.29) is 22.4 Å². The fourth-order valence-electron chi connectivity index (χ4n) is 2.61. The van der Waals surface area contributed by atoms with E-state index in [2.05, 4.69) is 20.8 Å². The van der Waals surface area contributed by atoms with Crippen LogP contribution in [0, 0.1) is 11.3 Å². The maximum atomic E-state index is 2.40. The van der Waals surface area contributed by atoms with Gasteiger partial charge in [-0.25, -0.2) is 0 Å². The fourth-order valence-corrected chi connectivity index (χ4v) is 2.61. The molecular formula is C10H16Ag. The number of allylic oxidation sites excluding steroid dienone is 2. The molecule has 1 unspecified atom stereocenters. The van der Waals surface area contributed by atoms with E-state index in [1.165, 1.54) is 19.3 Å². The third-order valence-corrected chi connectivity index (χ3v) is 3.63. The van der Waals surface area contributed by atoms with Crippen molar-refractivity contribution in [2.75, 3.05) is 0 Å². The first-order valence-electron chi connectivity index (χ1n) is 4.31. The SMILES string of the molecule is CC1=C2CC(CC1)C2(C)C.[Ag]. The zero-order chi connectivity index (χ0) is 7.35. The average Bonchev–Trinajstić information content (AvgIpc) is 1.87. The van der Waals surface area contributed by atoms with Gasteiger partial charge in [-0.15, -0.1) is 0 Å². The Kier molecular flexibility index (Phi) is 2.40. The summed E-state index contributed by atoms with van der Waals surface area (Å²) in [6, 6.07) is 0. The molecule has 0 heterocycles. The molecule has 0 saturated heterocycles. The largest absolute Gasteiger partial charge is 0.0735 e. The van der Waals surface area contributed by atoms with Crippen LogP contribution in [-0.2, 0) is 22.4 Å². The molecule has 67 valence electrons. The van der Waals surface area contributed by atoms with Crippen molar-refractivity contribution < 1.29 is 22.4 Å². The summed E-state index contributed by atoms with van der Waals surface area (Å²) >= 11 is 0. The molecule has 11 heavy (non-hydrogen) atoms. The van der Waals surface area contributed by atoms with Crippen molar-refractivity contribution in [2.24, 2.45) is 11.3 Å². The summed E-state index contributed by atoms with van der Waals surface area (Å²) in [5, 5.41) is 0. The topological polar surface area (TPSA) is 0 Å². The summed E-state index contributed by atoms with van der Waals surface area (Å²) in [5.74, 6) is 1.02. The number of rotatable bonds is 0. The van der Waals surface area contributed by atoms with Crippen molar-refractivity contribution >= 4 is 0 Å². The van der Waals surface area contributed by atoms with E-state index in [0.717, 1.165) is 5.92 Å². The summed E-state index contributed by atoms with van der Waals surface area (Å²) in [4.78, 5) is 0. The van der Waals surface area contributed by atoms with E-state index >= 15 is 0 Å². The molecule has 1 saturated carbocycles. The van der Waals surface area contributed by atoms with E-state index in [9.17, 15) is 0 Å².